The van der Waals surface area contributed by atoms with Crippen LogP contribution in [-0.4, -0.2) is 18.8 Å². The van der Waals surface area contributed by atoms with Gasteiger partial charge in [-0.05, 0) is 35.8 Å². The van der Waals surface area contributed by atoms with Crippen LogP contribution in [0.3, 0.4) is 0 Å². The Labute approximate surface area is 127 Å². The van der Waals surface area contributed by atoms with Gasteiger partial charge in [-0.25, -0.2) is 0 Å². The second kappa shape index (κ2) is 6.36. The molecule has 2 aromatic rings. The number of hydrogen-bond donors (Lipinski definition) is 1. The summed E-state index contributed by atoms with van der Waals surface area (Å²) in [5, 5.41) is 0. The van der Waals surface area contributed by atoms with Crippen molar-refractivity contribution >= 4 is 18.3 Å². The predicted octanol–water partition coefficient (Wildman–Crippen LogP) is 4.15. The number of aryl methyl sites for hydroxylation is 1. The average molecular weight is 283 g/mol. The first-order chi connectivity index (χ1) is 9.88. The molecule has 0 saturated heterocycles. The van der Waals surface area contributed by atoms with Gasteiger partial charge in [0, 0.05) is 24.7 Å². The Hall–Kier alpha value is -1.41. The van der Waals surface area contributed by atoms with Crippen LogP contribution >= 0.6 is 12.6 Å². The van der Waals surface area contributed by atoms with Gasteiger partial charge in [-0.1, -0.05) is 48.5 Å². The minimum Gasteiger partial charge on any atom is -0.371 e. The van der Waals surface area contributed by atoms with Gasteiger partial charge >= 0.3 is 0 Å². The first kappa shape index (κ1) is 13.6. The molecule has 0 N–H and O–H groups in total. The zero-order valence-corrected chi connectivity index (χ0v) is 12.6. The van der Waals surface area contributed by atoms with E-state index in [2.05, 4.69) is 72.1 Å². The zero-order valence-electron chi connectivity index (χ0n) is 11.7. The largest absolute Gasteiger partial charge is 0.371 e. The Morgan fingerprint density at radius 3 is 2.55 bits per heavy atom. The molecular weight excluding hydrogens is 262 g/mol. The van der Waals surface area contributed by atoms with E-state index < -0.39 is 0 Å². The highest BCUT2D eigenvalue weighted by molar-refractivity contribution is 7.80. The topological polar surface area (TPSA) is 3.24 Å². The third-order valence-electron chi connectivity index (χ3n) is 4.14. The SMILES string of the molecule is SCC(CN1CCCc2ccccc21)c1ccccc1. The van der Waals surface area contributed by atoms with Crippen LogP contribution in [0.25, 0.3) is 0 Å². The molecule has 1 nitrogen and oxygen atoms in total. The highest BCUT2D eigenvalue weighted by Crippen LogP contribution is 2.29. The molecule has 1 atom stereocenters. The summed E-state index contributed by atoms with van der Waals surface area (Å²) < 4.78 is 0. The monoisotopic (exact) mass is 283 g/mol. The number of thiol groups is 1. The second-order valence-corrected chi connectivity index (χ2v) is 5.83. The van der Waals surface area contributed by atoms with Gasteiger partial charge in [0.05, 0.1) is 0 Å². The molecule has 1 aliphatic rings. The maximum Gasteiger partial charge on any atom is 0.0398 e. The van der Waals surface area contributed by atoms with E-state index in [1.54, 1.807) is 0 Å². The third-order valence-corrected chi connectivity index (χ3v) is 4.58. The van der Waals surface area contributed by atoms with E-state index in [4.69, 9.17) is 0 Å². The van der Waals surface area contributed by atoms with Crippen LogP contribution in [0.15, 0.2) is 54.6 Å². The molecule has 0 aliphatic carbocycles. The molecule has 2 heteroatoms. The summed E-state index contributed by atoms with van der Waals surface area (Å²) in [5.74, 6) is 1.38. The molecule has 0 fully saturated rings. The molecule has 1 aliphatic heterocycles. The van der Waals surface area contributed by atoms with Crippen molar-refractivity contribution in [3.8, 4) is 0 Å². The van der Waals surface area contributed by atoms with Crippen LogP contribution in [0.1, 0.15) is 23.5 Å². The van der Waals surface area contributed by atoms with Gasteiger partial charge in [-0.3, -0.25) is 0 Å². The first-order valence-electron chi connectivity index (χ1n) is 7.37. The fourth-order valence-electron chi connectivity index (χ4n) is 3.06. The lowest BCUT2D eigenvalue weighted by atomic mass is 9.97. The van der Waals surface area contributed by atoms with Crippen molar-refractivity contribution < 1.29 is 0 Å². The van der Waals surface area contributed by atoms with Crippen molar-refractivity contribution in [1.82, 2.24) is 0 Å². The molecule has 0 saturated carbocycles. The second-order valence-electron chi connectivity index (χ2n) is 5.47. The molecule has 3 rings (SSSR count). The molecule has 0 spiro atoms. The Morgan fingerprint density at radius 2 is 1.75 bits per heavy atom. The Kier molecular flexibility index (Phi) is 4.31. The van der Waals surface area contributed by atoms with Gasteiger partial charge in [0.15, 0.2) is 0 Å². The Morgan fingerprint density at radius 1 is 1.00 bits per heavy atom. The van der Waals surface area contributed by atoms with Crippen LogP contribution in [0.2, 0.25) is 0 Å². The minimum absolute atomic E-state index is 0.491. The van der Waals surface area contributed by atoms with Crippen LogP contribution in [0.4, 0.5) is 5.69 Å². The summed E-state index contributed by atoms with van der Waals surface area (Å²) in [6.07, 6.45) is 2.47. The van der Waals surface area contributed by atoms with E-state index in [9.17, 15) is 0 Å². The highest BCUT2D eigenvalue weighted by atomic mass is 32.1. The fraction of sp³-hybridized carbons (Fsp3) is 0.333. The normalized spacial score (nSPS) is 15.8. The maximum absolute atomic E-state index is 4.57. The number of para-hydroxylation sites is 1. The summed E-state index contributed by atoms with van der Waals surface area (Å²) in [7, 11) is 0. The number of rotatable bonds is 4. The summed E-state index contributed by atoms with van der Waals surface area (Å²) in [6.45, 7) is 2.22. The minimum atomic E-state index is 0.491. The summed E-state index contributed by atoms with van der Waals surface area (Å²) in [6, 6.07) is 19.6. The smallest absolute Gasteiger partial charge is 0.0398 e. The van der Waals surface area contributed by atoms with Crippen molar-refractivity contribution in [2.24, 2.45) is 0 Å². The molecule has 104 valence electrons. The molecule has 0 aromatic heterocycles. The van der Waals surface area contributed by atoms with Gasteiger partial charge in [0.1, 0.15) is 0 Å². The van der Waals surface area contributed by atoms with Gasteiger partial charge in [-0.15, -0.1) is 0 Å². The van der Waals surface area contributed by atoms with Crippen molar-refractivity contribution in [3.05, 3.63) is 65.7 Å². The quantitative estimate of drug-likeness (QED) is 0.825. The first-order valence-corrected chi connectivity index (χ1v) is 8.00. The molecule has 20 heavy (non-hydrogen) atoms. The van der Waals surface area contributed by atoms with Gasteiger partial charge in [0.2, 0.25) is 0 Å². The van der Waals surface area contributed by atoms with Gasteiger partial charge < -0.3 is 4.90 Å². The fourth-order valence-corrected chi connectivity index (χ4v) is 3.39. The molecule has 1 unspecified atom stereocenters. The maximum atomic E-state index is 4.57. The summed E-state index contributed by atoms with van der Waals surface area (Å²) in [4.78, 5) is 2.53. The Balaban J connectivity index is 1.81. The van der Waals surface area contributed by atoms with E-state index in [1.807, 2.05) is 0 Å². The van der Waals surface area contributed by atoms with E-state index in [-0.39, 0.29) is 0 Å². The molecule has 1 heterocycles. The highest BCUT2D eigenvalue weighted by Gasteiger charge is 2.20. The summed E-state index contributed by atoms with van der Waals surface area (Å²) in [5.41, 5.74) is 4.30. The predicted molar refractivity (Wildman–Crippen MR) is 90.0 cm³/mol. The average Bonchev–Trinajstić information content (AvgIpc) is 2.53. The number of nitrogens with zero attached hydrogens (tertiary/aromatic N) is 1. The molecular formula is C18H21NS. The molecule has 0 bridgehead atoms. The van der Waals surface area contributed by atoms with Crippen molar-refractivity contribution in [2.45, 2.75) is 18.8 Å². The molecule has 0 radical (unpaired) electrons. The van der Waals surface area contributed by atoms with E-state index in [0.717, 1.165) is 18.8 Å². The lowest BCUT2D eigenvalue weighted by Crippen LogP contribution is -2.33. The van der Waals surface area contributed by atoms with Crippen LogP contribution < -0.4 is 4.90 Å². The van der Waals surface area contributed by atoms with Gasteiger partial charge in [-0.2, -0.15) is 12.6 Å². The summed E-state index contributed by atoms with van der Waals surface area (Å²) >= 11 is 4.57. The molecule has 2 aromatic carbocycles. The van der Waals surface area contributed by atoms with E-state index >= 15 is 0 Å². The number of anilines is 1. The standard InChI is InChI=1S/C18H21NS/c20-14-17(15-7-2-1-3-8-15)13-19-12-6-10-16-9-4-5-11-18(16)19/h1-5,7-9,11,17,20H,6,10,12-14H2. The molecule has 0 amide bonds. The van der Waals surface area contributed by atoms with Crippen molar-refractivity contribution in [3.63, 3.8) is 0 Å². The lowest BCUT2D eigenvalue weighted by molar-refractivity contribution is 0.644. The van der Waals surface area contributed by atoms with Crippen LogP contribution in [0.5, 0.6) is 0 Å². The lowest BCUT2D eigenvalue weighted by Gasteiger charge is -2.34. The van der Waals surface area contributed by atoms with E-state index in [1.165, 1.54) is 29.7 Å². The van der Waals surface area contributed by atoms with Crippen LogP contribution in [0, 0.1) is 0 Å². The van der Waals surface area contributed by atoms with E-state index in [0.29, 0.717) is 5.92 Å². The third kappa shape index (κ3) is 2.85. The number of benzene rings is 2. The van der Waals surface area contributed by atoms with Crippen LogP contribution in [-0.2, 0) is 6.42 Å². The number of hydrogen-bond acceptors (Lipinski definition) is 2. The number of fused-ring (bicyclic) bond motifs is 1. The van der Waals surface area contributed by atoms with Crippen molar-refractivity contribution in [2.75, 3.05) is 23.7 Å². The van der Waals surface area contributed by atoms with Crippen molar-refractivity contribution in [1.29, 1.82) is 0 Å². The van der Waals surface area contributed by atoms with Gasteiger partial charge in [0.25, 0.3) is 0 Å². The Bertz CT molecular complexity index is 552. The zero-order chi connectivity index (χ0) is 13.8.